The van der Waals surface area contributed by atoms with Crippen LogP contribution in [0.3, 0.4) is 0 Å². The summed E-state index contributed by atoms with van der Waals surface area (Å²) in [6.07, 6.45) is 11.3. The molecular formula is C25H46O7. The zero-order valence-corrected chi connectivity index (χ0v) is 20.6. The number of rotatable bonds is 21. The van der Waals surface area contributed by atoms with Gasteiger partial charge in [-0.2, -0.15) is 0 Å². The second-order valence-electron chi connectivity index (χ2n) is 8.50. The monoisotopic (exact) mass is 458 g/mol. The van der Waals surface area contributed by atoms with E-state index >= 15 is 0 Å². The van der Waals surface area contributed by atoms with E-state index in [1.54, 1.807) is 0 Å². The van der Waals surface area contributed by atoms with Crippen LogP contribution in [0.5, 0.6) is 0 Å². The smallest absolute Gasteiger partial charge is 0.339 e. The molecule has 0 aromatic carbocycles. The molecule has 7 nitrogen and oxygen atoms in total. The highest BCUT2D eigenvalue weighted by molar-refractivity contribution is 5.90. The zero-order chi connectivity index (χ0) is 24.1. The van der Waals surface area contributed by atoms with Gasteiger partial charge in [-0.15, -0.1) is 0 Å². The first-order chi connectivity index (χ1) is 15.4. The molecular weight excluding hydrogens is 412 g/mol. The van der Waals surface area contributed by atoms with E-state index in [1.165, 1.54) is 0 Å². The largest absolute Gasteiger partial charge is 0.466 e. The molecule has 0 aromatic rings. The number of esters is 3. The van der Waals surface area contributed by atoms with Crippen LogP contribution >= 0.6 is 0 Å². The van der Waals surface area contributed by atoms with Crippen molar-refractivity contribution < 1.29 is 33.7 Å². The SMILES string of the molecule is CCCCCCCOC(=O)CC(O)(CC(=O)OCCCCCCC)C(=O)OCCCCC. The first-order valence-corrected chi connectivity index (χ1v) is 12.6. The molecule has 32 heavy (non-hydrogen) atoms. The molecule has 0 aromatic heterocycles. The minimum Gasteiger partial charge on any atom is -0.466 e. The van der Waals surface area contributed by atoms with Gasteiger partial charge in [0.25, 0.3) is 0 Å². The van der Waals surface area contributed by atoms with Crippen molar-refractivity contribution >= 4 is 17.9 Å². The predicted octanol–water partition coefficient (Wildman–Crippen LogP) is 5.26. The van der Waals surface area contributed by atoms with E-state index < -0.39 is 36.4 Å². The standard InChI is InChI=1S/C25H46O7/c1-4-7-10-12-15-17-30-22(26)20-25(29,24(28)32-19-14-9-6-3)21-23(27)31-18-16-13-11-8-5-2/h29H,4-21H2,1-3H3. The maximum absolute atomic E-state index is 12.5. The maximum atomic E-state index is 12.5. The van der Waals surface area contributed by atoms with Gasteiger partial charge in [0.1, 0.15) is 0 Å². The predicted molar refractivity (Wildman–Crippen MR) is 124 cm³/mol. The summed E-state index contributed by atoms with van der Waals surface area (Å²) >= 11 is 0. The van der Waals surface area contributed by atoms with Crippen LogP contribution in [0, 0.1) is 0 Å². The molecule has 0 saturated carbocycles. The van der Waals surface area contributed by atoms with Crippen molar-refractivity contribution in [2.75, 3.05) is 19.8 Å². The van der Waals surface area contributed by atoms with Crippen molar-refractivity contribution in [3.8, 4) is 0 Å². The second-order valence-corrected chi connectivity index (χ2v) is 8.50. The number of ether oxygens (including phenoxy) is 3. The molecule has 0 spiro atoms. The number of hydrogen-bond acceptors (Lipinski definition) is 7. The highest BCUT2D eigenvalue weighted by Gasteiger charge is 2.43. The summed E-state index contributed by atoms with van der Waals surface area (Å²) in [5.74, 6) is -2.42. The van der Waals surface area contributed by atoms with Crippen molar-refractivity contribution in [2.24, 2.45) is 0 Å². The topological polar surface area (TPSA) is 99.1 Å². The molecule has 0 unspecified atom stereocenters. The summed E-state index contributed by atoms with van der Waals surface area (Å²) in [6, 6.07) is 0. The van der Waals surface area contributed by atoms with E-state index in [1.807, 2.05) is 6.92 Å². The van der Waals surface area contributed by atoms with Crippen molar-refractivity contribution in [3.63, 3.8) is 0 Å². The van der Waals surface area contributed by atoms with Crippen LogP contribution in [0.25, 0.3) is 0 Å². The summed E-state index contributed by atoms with van der Waals surface area (Å²) in [6.45, 7) is 6.86. The zero-order valence-electron chi connectivity index (χ0n) is 20.6. The fraction of sp³-hybridized carbons (Fsp3) is 0.880. The molecule has 0 aliphatic carbocycles. The molecule has 0 atom stereocenters. The third kappa shape index (κ3) is 16.1. The fourth-order valence-electron chi connectivity index (χ4n) is 3.22. The van der Waals surface area contributed by atoms with Crippen LogP contribution in [0.4, 0.5) is 0 Å². The summed E-state index contributed by atoms with van der Waals surface area (Å²) < 4.78 is 15.5. The van der Waals surface area contributed by atoms with Crippen LogP contribution < -0.4 is 0 Å². The lowest BCUT2D eigenvalue weighted by Crippen LogP contribution is -2.45. The second kappa shape index (κ2) is 20.0. The Bertz CT molecular complexity index is 475. The molecule has 0 aliphatic heterocycles. The fourth-order valence-corrected chi connectivity index (χ4v) is 3.22. The van der Waals surface area contributed by atoms with Crippen molar-refractivity contribution in [3.05, 3.63) is 0 Å². The molecule has 0 bridgehead atoms. The van der Waals surface area contributed by atoms with E-state index in [-0.39, 0.29) is 19.8 Å². The van der Waals surface area contributed by atoms with Gasteiger partial charge in [0, 0.05) is 0 Å². The van der Waals surface area contributed by atoms with Gasteiger partial charge in [-0.05, 0) is 19.3 Å². The van der Waals surface area contributed by atoms with Gasteiger partial charge in [0.05, 0.1) is 32.7 Å². The molecule has 1 N–H and O–H groups in total. The molecule has 0 aliphatic rings. The molecule has 0 radical (unpaired) electrons. The average molecular weight is 459 g/mol. The van der Waals surface area contributed by atoms with E-state index in [9.17, 15) is 19.5 Å². The van der Waals surface area contributed by atoms with Gasteiger partial charge in [-0.1, -0.05) is 85.0 Å². The third-order valence-corrected chi connectivity index (χ3v) is 5.26. The van der Waals surface area contributed by atoms with Crippen LogP contribution in [0.2, 0.25) is 0 Å². The molecule has 0 fully saturated rings. The van der Waals surface area contributed by atoms with Crippen molar-refractivity contribution in [2.45, 2.75) is 123 Å². The van der Waals surface area contributed by atoms with E-state index in [4.69, 9.17) is 14.2 Å². The minimum absolute atomic E-state index is 0.133. The number of aliphatic hydroxyl groups is 1. The number of carbonyl (C=O) groups excluding carboxylic acids is 3. The summed E-state index contributed by atoms with van der Waals surface area (Å²) in [5, 5.41) is 10.8. The van der Waals surface area contributed by atoms with Gasteiger partial charge in [0.15, 0.2) is 5.60 Å². The van der Waals surface area contributed by atoms with Crippen LogP contribution in [0.1, 0.15) is 117 Å². The highest BCUT2D eigenvalue weighted by atomic mass is 16.6. The van der Waals surface area contributed by atoms with Gasteiger partial charge >= 0.3 is 17.9 Å². The maximum Gasteiger partial charge on any atom is 0.339 e. The summed E-state index contributed by atoms with van der Waals surface area (Å²) in [4.78, 5) is 37.0. The molecule has 7 heteroatoms. The lowest BCUT2D eigenvalue weighted by Gasteiger charge is -2.24. The quantitative estimate of drug-likeness (QED) is 0.142. The Morgan fingerprint density at radius 1 is 0.562 bits per heavy atom. The van der Waals surface area contributed by atoms with E-state index in [0.717, 1.165) is 77.0 Å². The van der Waals surface area contributed by atoms with Crippen LogP contribution in [-0.4, -0.2) is 48.4 Å². The van der Waals surface area contributed by atoms with Gasteiger partial charge in [-0.25, -0.2) is 4.79 Å². The van der Waals surface area contributed by atoms with Gasteiger partial charge in [-0.3, -0.25) is 9.59 Å². The lowest BCUT2D eigenvalue weighted by atomic mass is 9.95. The van der Waals surface area contributed by atoms with Crippen LogP contribution in [0.15, 0.2) is 0 Å². The molecule has 0 rings (SSSR count). The normalized spacial score (nSPS) is 11.2. The van der Waals surface area contributed by atoms with Crippen molar-refractivity contribution in [1.29, 1.82) is 0 Å². The average Bonchev–Trinajstić information content (AvgIpc) is 2.75. The lowest BCUT2D eigenvalue weighted by molar-refractivity contribution is -0.178. The molecule has 0 amide bonds. The Morgan fingerprint density at radius 2 is 0.906 bits per heavy atom. The van der Waals surface area contributed by atoms with E-state index in [0.29, 0.717) is 6.42 Å². The number of unbranched alkanes of at least 4 members (excludes halogenated alkanes) is 10. The first kappa shape index (κ1) is 30.4. The highest BCUT2D eigenvalue weighted by Crippen LogP contribution is 2.20. The summed E-state index contributed by atoms with van der Waals surface area (Å²) in [5.41, 5.74) is -2.27. The molecule has 188 valence electrons. The van der Waals surface area contributed by atoms with E-state index in [2.05, 4.69) is 13.8 Å². The Labute approximate surface area is 194 Å². The minimum atomic E-state index is -2.27. The molecule has 0 heterocycles. The summed E-state index contributed by atoms with van der Waals surface area (Å²) in [7, 11) is 0. The first-order valence-electron chi connectivity index (χ1n) is 12.6. The van der Waals surface area contributed by atoms with Gasteiger partial charge < -0.3 is 19.3 Å². The molecule has 0 saturated heterocycles. The van der Waals surface area contributed by atoms with Crippen molar-refractivity contribution in [1.82, 2.24) is 0 Å². The Kier molecular flexibility index (Phi) is 19.0. The Hall–Kier alpha value is -1.63. The number of carbonyl (C=O) groups is 3. The third-order valence-electron chi connectivity index (χ3n) is 5.26. The Balaban J connectivity index is 4.65. The number of hydrogen-bond donors (Lipinski definition) is 1. The van der Waals surface area contributed by atoms with Gasteiger partial charge in [0.2, 0.25) is 0 Å². The Morgan fingerprint density at radius 3 is 1.34 bits per heavy atom. The van der Waals surface area contributed by atoms with Crippen LogP contribution in [-0.2, 0) is 28.6 Å².